The number of para-hydroxylation sites is 1. The van der Waals surface area contributed by atoms with E-state index in [1.54, 1.807) is 23.0 Å². The molecule has 2 aliphatic rings. The standard InChI is InChI=1S/C38H47ClN2O8/c1-38(2,3)49-37(43)40-19-17-30(28-12-14-29(15-13-28)45-21-8-22-46-33-10-6-5-9-31(33)39)35(24-40)47-25-27-11-16-34-32(23-27)41(18-7-20-44-4)36(42)26-48-34/h5-6,9-16,23,30,35H,7-8,17-22,24-26H2,1-4H3. The number of nitrogens with zero attached hydrogens (tertiary/aromatic N) is 2. The summed E-state index contributed by atoms with van der Waals surface area (Å²) in [5.41, 5.74) is 2.15. The Kier molecular flexibility index (Phi) is 12.7. The quantitative estimate of drug-likeness (QED) is 0.163. The van der Waals surface area contributed by atoms with E-state index in [0.29, 0.717) is 81.8 Å². The van der Waals surface area contributed by atoms with E-state index in [9.17, 15) is 9.59 Å². The van der Waals surface area contributed by atoms with Gasteiger partial charge in [-0.25, -0.2) is 4.79 Å². The first-order valence-corrected chi connectivity index (χ1v) is 17.2. The maximum absolute atomic E-state index is 13.1. The van der Waals surface area contributed by atoms with Gasteiger partial charge in [-0.3, -0.25) is 4.79 Å². The van der Waals surface area contributed by atoms with Crippen LogP contribution in [0.5, 0.6) is 17.2 Å². The van der Waals surface area contributed by atoms with Gasteiger partial charge in [0.25, 0.3) is 5.91 Å². The Morgan fingerprint density at radius 1 is 0.980 bits per heavy atom. The summed E-state index contributed by atoms with van der Waals surface area (Å²) in [5.74, 6) is 2.07. The molecule has 3 aromatic rings. The molecule has 0 radical (unpaired) electrons. The molecule has 1 saturated heterocycles. The van der Waals surface area contributed by atoms with E-state index in [4.69, 9.17) is 40.0 Å². The minimum Gasteiger partial charge on any atom is -0.493 e. The molecule has 0 N–H and O–H groups in total. The molecular formula is C38H47ClN2O8. The molecule has 2 aliphatic heterocycles. The Morgan fingerprint density at radius 3 is 2.51 bits per heavy atom. The molecule has 2 heterocycles. The number of anilines is 1. The van der Waals surface area contributed by atoms with E-state index < -0.39 is 5.60 Å². The van der Waals surface area contributed by atoms with Crippen molar-refractivity contribution in [2.45, 2.75) is 64.3 Å². The van der Waals surface area contributed by atoms with Gasteiger partial charge in [-0.15, -0.1) is 0 Å². The van der Waals surface area contributed by atoms with Crippen LogP contribution < -0.4 is 19.1 Å². The average molecular weight is 695 g/mol. The van der Waals surface area contributed by atoms with Crippen molar-refractivity contribution in [3.8, 4) is 17.2 Å². The van der Waals surface area contributed by atoms with Crippen LogP contribution in [0.1, 0.15) is 57.1 Å². The smallest absolute Gasteiger partial charge is 0.410 e. The second kappa shape index (κ2) is 17.1. The molecule has 10 nitrogen and oxygen atoms in total. The Balaban J connectivity index is 1.23. The first-order valence-electron chi connectivity index (χ1n) is 16.9. The highest BCUT2D eigenvalue weighted by atomic mass is 35.5. The van der Waals surface area contributed by atoms with Crippen LogP contribution >= 0.6 is 11.6 Å². The maximum Gasteiger partial charge on any atom is 0.410 e. The third kappa shape index (κ3) is 10.3. The van der Waals surface area contributed by atoms with Gasteiger partial charge in [0.2, 0.25) is 0 Å². The Bertz CT molecular complexity index is 1540. The monoisotopic (exact) mass is 694 g/mol. The molecule has 264 valence electrons. The van der Waals surface area contributed by atoms with Crippen molar-refractivity contribution in [1.82, 2.24) is 4.90 Å². The minimum atomic E-state index is -0.599. The molecule has 0 spiro atoms. The van der Waals surface area contributed by atoms with Gasteiger partial charge in [-0.05, 0) is 81.1 Å². The number of rotatable bonds is 14. The number of fused-ring (bicyclic) bond motifs is 1. The number of ether oxygens (including phenoxy) is 6. The largest absolute Gasteiger partial charge is 0.493 e. The summed E-state index contributed by atoms with van der Waals surface area (Å²) in [7, 11) is 1.65. The van der Waals surface area contributed by atoms with Crippen molar-refractivity contribution in [2.75, 3.05) is 58.1 Å². The van der Waals surface area contributed by atoms with Gasteiger partial charge in [0.15, 0.2) is 6.61 Å². The molecule has 0 aliphatic carbocycles. The molecule has 2 unspecified atom stereocenters. The van der Waals surface area contributed by atoms with Crippen molar-refractivity contribution in [3.05, 3.63) is 82.9 Å². The van der Waals surface area contributed by atoms with E-state index in [2.05, 4.69) is 12.1 Å². The fourth-order valence-corrected chi connectivity index (χ4v) is 6.11. The maximum atomic E-state index is 13.1. The van der Waals surface area contributed by atoms with Crippen molar-refractivity contribution in [3.63, 3.8) is 0 Å². The lowest BCUT2D eigenvalue weighted by Crippen LogP contribution is -2.48. The van der Waals surface area contributed by atoms with Gasteiger partial charge in [0.05, 0.1) is 43.2 Å². The van der Waals surface area contributed by atoms with Crippen LogP contribution in [0.25, 0.3) is 0 Å². The number of carbonyl (C=O) groups is 2. The summed E-state index contributed by atoms with van der Waals surface area (Å²) in [6.45, 7) is 8.96. The molecule has 2 atom stereocenters. The first kappa shape index (κ1) is 36.3. The second-order valence-electron chi connectivity index (χ2n) is 13.2. The van der Waals surface area contributed by atoms with Crippen LogP contribution in [0.3, 0.4) is 0 Å². The lowest BCUT2D eigenvalue weighted by Gasteiger charge is -2.39. The number of methoxy groups -OCH3 is 1. The summed E-state index contributed by atoms with van der Waals surface area (Å²) < 4.78 is 34.9. The molecule has 3 aromatic carbocycles. The summed E-state index contributed by atoms with van der Waals surface area (Å²) in [6, 6.07) is 21.3. The van der Waals surface area contributed by atoms with Gasteiger partial charge in [0.1, 0.15) is 22.8 Å². The van der Waals surface area contributed by atoms with Crippen molar-refractivity contribution < 1.29 is 38.0 Å². The number of likely N-dealkylation sites (tertiary alicyclic amines) is 1. The summed E-state index contributed by atoms with van der Waals surface area (Å²) in [5, 5.41) is 0.590. The topological polar surface area (TPSA) is 96.0 Å². The van der Waals surface area contributed by atoms with E-state index in [0.717, 1.165) is 22.6 Å². The molecule has 1 fully saturated rings. The zero-order chi connectivity index (χ0) is 34.8. The molecule has 0 bridgehead atoms. The van der Waals surface area contributed by atoms with Crippen LogP contribution in [-0.2, 0) is 25.6 Å². The number of amides is 2. The van der Waals surface area contributed by atoms with Gasteiger partial charge in [-0.2, -0.15) is 0 Å². The lowest BCUT2D eigenvalue weighted by atomic mass is 9.87. The lowest BCUT2D eigenvalue weighted by molar-refractivity contribution is -0.121. The van der Waals surface area contributed by atoms with Crippen LogP contribution in [0, 0.1) is 0 Å². The normalized spacial score (nSPS) is 17.7. The highest BCUT2D eigenvalue weighted by molar-refractivity contribution is 6.32. The summed E-state index contributed by atoms with van der Waals surface area (Å²) in [4.78, 5) is 29.2. The number of carbonyl (C=O) groups excluding carboxylic acids is 2. The fourth-order valence-electron chi connectivity index (χ4n) is 5.92. The van der Waals surface area contributed by atoms with E-state index in [-0.39, 0.29) is 30.6 Å². The minimum absolute atomic E-state index is 0.0158. The van der Waals surface area contributed by atoms with Gasteiger partial charge in [0, 0.05) is 39.1 Å². The van der Waals surface area contributed by atoms with Crippen LogP contribution in [0.4, 0.5) is 10.5 Å². The zero-order valence-electron chi connectivity index (χ0n) is 28.8. The molecular weight excluding hydrogens is 648 g/mol. The Labute approximate surface area is 294 Å². The summed E-state index contributed by atoms with van der Waals surface area (Å²) in [6.07, 6.45) is 1.50. The molecule has 0 aromatic heterocycles. The molecule has 11 heteroatoms. The number of piperidine rings is 1. The van der Waals surface area contributed by atoms with Crippen LogP contribution in [0.2, 0.25) is 5.02 Å². The molecule has 0 saturated carbocycles. The number of hydrogen-bond donors (Lipinski definition) is 0. The summed E-state index contributed by atoms with van der Waals surface area (Å²) >= 11 is 6.17. The van der Waals surface area contributed by atoms with Crippen molar-refractivity contribution in [2.24, 2.45) is 0 Å². The first-order chi connectivity index (χ1) is 23.6. The van der Waals surface area contributed by atoms with Gasteiger partial charge >= 0.3 is 6.09 Å². The Hall–Kier alpha value is -3.99. The molecule has 2 amide bonds. The number of benzene rings is 3. The third-order valence-electron chi connectivity index (χ3n) is 8.33. The van der Waals surface area contributed by atoms with Crippen molar-refractivity contribution >= 4 is 29.3 Å². The van der Waals surface area contributed by atoms with E-state index >= 15 is 0 Å². The highest BCUT2D eigenvalue weighted by Crippen LogP contribution is 2.36. The van der Waals surface area contributed by atoms with E-state index in [1.165, 1.54) is 0 Å². The van der Waals surface area contributed by atoms with Crippen LogP contribution in [-0.4, -0.2) is 81.8 Å². The molecule has 5 rings (SSSR count). The van der Waals surface area contributed by atoms with Gasteiger partial charge < -0.3 is 38.2 Å². The predicted molar refractivity (Wildman–Crippen MR) is 188 cm³/mol. The zero-order valence-corrected chi connectivity index (χ0v) is 29.6. The molecule has 49 heavy (non-hydrogen) atoms. The average Bonchev–Trinajstić information content (AvgIpc) is 3.08. The highest BCUT2D eigenvalue weighted by Gasteiger charge is 2.35. The number of halogens is 1. The SMILES string of the molecule is COCCCN1C(=O)COc2ccc(COC3CN(C(=O)OC(C)(C)C)CCC3c3ccc(OCCCOc4ccccc4Cl)cc3)cc21. The Morgan fingerprint density at radius 2 is 1.76 bits per heavy atom. The van der Waals surface area contributed by atoms with Crippen LogP contribution in [0.15, 0.2) is 66.7 Å². The second-order valence-corrected chi connectivity index (χ2v) is 13.6. The third-order valence-corrected chi connectivity index (χ3v) is 8.64. The fraction of sp³-hybridized carbons (Fsp3) is 0.474. The van der Waals surface area contributed by atoms with Crippen molar-refractivity contribution in [1.29, 1.82) is 0 Å². The van der Waals surface area contributed by atoms with E-state index in [1.807, 2.05) is 69.3 Å². The van der Waals surface area contributed by atoms with Gasteiger partial charge in [-0.1, -0.05) is 41.9 Å². The predicted octanol–water partition coefficient (Wildman–Crippen LogP) is 7.26. The number of hydrogen-bond acceptors (Lipinski definition) is 8.